The summed E-state index contributed by atoms with van der Waals surface area (Å²) >= 11 is 0. The lowest BCUT2D eigenvalue weighted by molar-refractivity contribution is 0.632. The highest BCUT2D eigenvalue weighted by Crippen LogP contribution is 2.49. The van der Waals surface area contributed by atoms with Gasteiger partial charge in [0.05, 0.1) is 24.7 Å². The van der Waals surface area contributed by atoms with E-state index in [-0.39, 0.29) is 60.3 Å². The van der Waals surface area contributed by atoms with Crippen LogP contribution in [0.15, 0.2) is 162 Å². The van der Waals surface area contributed by atoms with E-state index in [0.717, 1.165) is 0 Å². The van der Waals surface area contributed by atoms with E-state index in [0.29, 0.717) is 5.56 Å². The van der Waals surface area contributed by atoms with Crippen molar-refractivity contribution in [2.75, 3.05) is 0 Å². The van der Waals surface area contributed by atoms with Gasteiger partial charge in [-0.15, -0.1) is 0 Å². The third kappa shape index (κ3) is 3.86. The van der Waals surface area contributed by atoms with E-state index in [9.17, 15) is 5.48 Å². The highest BCUT2D eigenvalue weighted by Gasteiger charge is 2.24. The first-order valence-corrected chi connectivity index (χ1v) is 12.6. The van der Waals surface area contributed by atoms with Gasteiger partial charge in [-0.1, -0.05) is 145 Å². The van der Waals surface area contributed by atoms with E-state index in [1.54, 1.807) is 30.3 Å². The van der Waals surface area contributed by atoms with Crippen molar-refractivity contribution in [2.45, 2.75) is 0 Å². The normalized spacial score (nSPS) is 17.6. The Labute approximate surface area is 264 Å². The Hall–Kier alpha value is -5.40. The molecule has 0 aliphatic heterocycles. The van der Waals surface area contributed by atoms with Gasteiger partial charge in [0.15, 0.2) is 0 Å². The van der Waals surface area contributed by atoms with E-state index >= 15 is 0 Å². The van der Waals surface area contributed by atoms with E-state index in [1.807, 2.05) is 0 Å². The van der Waals surface area contributed by atoms with Gasteiger partial charge in [0.2, 0.25) is 0 Å². The molecule has 1 nitrogen and oxygen atoms in total. The average Bonchev–Trinajstić information content (AvgIpc) is 3.60. The first kappa shape index (κ1) is 11.6. The molecule has 0 amide bonds. The highest BCUT2D eigenvalue weighted by molar-refractivity contribution is 6.24. The van der Waals surface area contributed by atoms with Crippen molar-refractivity contribution in [3.05, 3.63) is 157 Å². The van der Waals surface area contributed by atoms with Crippen LogP contribution in [0.4, 0.5) is 0 Å². The summed E-state index contributed by atoms with van der Waals surface area (Å²) in [5, 5.41) is -0.645. The van der Waals surface area contributed by atoms with Crippen LogP contribution in [0.25, 0.3) is 77.2 Å². The molecule has 0 bridgehead atoms. The Kier molecular flexibility index (Phi) is 2.73. The van der Waals surface area contributed by atoms with Crippen molar-refractivity contribution in [1.29, 1.82) is 0 Å². The average molecular weight is 541 g/mol. The minimum absolute atomic E-state index is 0.0674. The molecule has 0 saturated carbocycles. The topological polar surface area (TPSA) is 13.1 Å². The standard InChI is InChI=1S/C40H26O/c1-4-14-27(15-5-1)30-24-25-35-36(26-30)41-40(29-18-8-3-9-19-29)39(35)38-33-22-12-10-20-31(33)37(28-16-6-2-7-17-28)32-21-11-13-23-34(32)38/h1-26H/i1D,3D,4D,5D,8D,9D,10D,11D,12D,13D,14D,15D,18D,19D,20D,21D,22D,23D. The predicted octanol–water partition coefficient (Wildman–Crippen LogP) is 11.4. The van der Waals surface area contributed by atoms with Gasteiger partial charge in [-0.3, -0.25) is 0 Å². The third-order valence-corrected chi connectivity index (χ3v) is 6.89. The van der Waals surface area contributed by atoms with E-state index in [4.69, 9.17) is 23.6 Å². The summed E-state index contributed by atoms with van der Waals surface area (Å²) in [5.41, 5.74) is -0.690. The molecule has 0 unspecified atom stereocenters. The van der Waals surface area contributed by atoms with Gasteiger partial charge in [-0.05, 0) is 55.9 Å². The van der Waals surface area contributed by atoms with Crippen LogP contribution in [0.1, 0.15) is 24.7 Å². The van der Waals surface area contributed by atoms with Crippen LogP contribution < -0.4 is 0 Å². The number of hydrogen-bond acceptors (Lipinski definition) is 1. The van der Waals surface area contributed by atoms with Gasteiger partial charge in [0.25, 0.3) is 0 Å². The van der Waals surface area contributed by atoms with Gasteiger partial charge in [0.1, 0.15) is 11.3 Å². The Morgan fingerprint density at radius 3 is 1.54 bits per heavy atom. The molecule has 0 atom stereocenters. The van der Waals surface area contributed by atoms with Crippen molar-refractivity contribution in [1.82, 2.24) is 0 Å². The fraction of sp³-hybridized carbons (Fsp3) is 0. The molecule has 192 valence electrons. The molecule has 0 aliphatic rings. The lowest BCUT2D eigenvalue weighted by atomic mass is 9.84. The molecule has 1 aromatic heterocycles. The second-order valence-electron chi connectivity index (χ2n) is 9.13. The summed E-state index contributed by atoms with van der Waals surface area (Å²) in [6.07, 6.45) is 0. The Bertz CT molecular complexity index is 3050. The quantitative estimate of drug-likeness (QED) is 0.202. The molecule has 0 radical (unpaired) electrons. The molecule has 1 heteroatoms. The monoisotopic (exact) mass is 540 g/mol. The molecule has 0 spiro atoms. The zero-order valence-electron chi connectivity index (χ0n) is 39.0. The van der Waals surface area contributed by atoms with Crippen LogP contribution in [-0.2, 0) is 0 Å². The lowest BCUT2D eigenvalue weighted by Gasteiger charge is -2.18. The van der Waals surface area contributed by atoms with Crippen LogP contribution in [0.2, 0.25) is 0 Å². The Morgan fingerprint density at radius 2 is 0.927 bits per heavy atom. The lowest BCUT2D eigenvalue weighted by Crippen LogP contribution is -1.91. The van der Waals surface area contributed by atoms with Gasteiger partial charge in [-0.25, -0.2) is 0 Å². The van der Waals surface area contributed by atoms with Crippen molar-refractivity contribution < 1.29 is 29.1 Å². The van der Waals surface area contributed by atoms with Gasteiger partial charge in [0, 0.05) is 22.1 Å². The van der Waals surface area contributed by atoms with Crippen molar-refractivity contribution in [2.24, 2.45) is 0 Å². The van der Waals surface area contributed by atoms with Crippen LogP contribution in [0.3, 0.4) is 0 Å². The Balaban J connectivity index is 1.70. The predicted molar refractivity (Wildman–Crippen MR) is 173 cm³/mol. The van der Waals surface area contributed by atoms with Crippen molar-refractivity contribution >= 4 is 32.5 Å². The van der Waals surface area contributed by atoms with Gasteiger partial charge >= 0.3 is 0 Å². The number of fused-ring (bicyclic) bond motifs is 3. The van der Waals surface area contributed by atoms with Gasteiger partial charge in [-0.2, -0.15) is 0 Å². The molecule has 7 aromatic carbocycles. The SMILES string of the molecule is [2H]c1c([2H])c([2H])c(-c2ccc3c(-c4c5c([2H])c([2H])c([2H])c([2H])c5c(-c5ccccc5)c5c([2H])c([2H])c([2H])c([2H])c45)c(-c4c([2H])c([2H])c([2H])c([2H])c4[2H])oc3c2)c([2H])c1[2H]. The van der Waals surface area contributed by atoms with Crippen molar-refractivity contribution in [3.8, 4) is 44.7 Å². The van der Waals surface area contributed by atoms with Crippen molar-refractivity contribution in [3.63, 3.8) is 0 Å². The molecule has 0 saturated heterocycles. The maximum Gasteiger partial charge on any atom is 0.143 e. The Morgan fingerprint density at radius 1 is 0.390 bits per heavy atom. The fourth-order valence-electron chi connectivity index (χ4n) is 5.20. The van der Waals surface area contributed by atoms with Crippen LogP contribution in [0, 0.1) is 0 Å². The van der Waals surface area contributed by atoms with Crippen LogP contribution in [-0.4, -0.2) is 0 Å². The summed E-state index contributed by atoms with van der Waals surface area (Å²) in [7, 11) is 0. The zero-order chi connectivity index (χ0) is 42.8. The first-order valence-electron chi connectivity index (χ1n) is 21.6. The number of benzene rings is 7. The van der Waals surface area contributed by atoms with Gasteiger partial charge < -0.3 is 4.42 Å². The molecule has 0 fully saturated rings. The summed E-state index contributed by atoms with van der Waals surface area (Å²) < 4.78 is 164. The highest BCUT2D eigenvalue weighted by atomic mass is 16.3. The molecule has 8 rings (SSSR count). The molecule has 1 heterocycles. The minimum Gasteiger partial charge on any atom is -0.455 e. The number of rotatable bonds is 4. The summed E-state index contributed by atoms with van der Waals surface area (Å²) in [6, 6.07) is 0.844. The third-order valence-electron chi connectivity index (χ3n) is 6.89. The molecule has 8 aromatic rings. The smallest absolute Gasteiger partial charge is 0.143 e. The molecular weight excluding hydrogens is 496 g/mol. The maximum atomic E-state index is 9.37. The number of hydrogen-bond donors (Lipinski definition) is 0. The summed E-state index contributed by atoms with van der Waals surface area (Å²) in [4.78, 5) is 0. The molecule has 41 heavy (non-hydrogen) atoms. The summed E-state index contributed by atoms with van der Waals surface area (Å²) in [5.74, 6) is -0.426. The van der Waals surface area contributed by atoms with Crippen LogP contribution in [0.5, 0.6) is 0 Å². The zero-order valence-corrected chi connectivity index (χ0v) is 21.0. The van der Waals surface area contributed by atoms with E-state index < -0.39 is 120 Å². The largest absolute Gasteiger partial charge is 0.455 e. The molecular formula is C40H26O. The molecule has 0 N–H and O–H groups in total. The maximum absolute atomic E-state index is 9.37. The first-order chi connectivity index (χ1) is 27.8. The second-order valence-corrected chi connectivity index (χ2v) is 9.13. The van der Waals surface area contributed by atoms with E-state index in [2.05, 4.69) is 0 Å². The van der Waals surface area contributed by atoms with Crippen LogP contribution >= 0.6 is 0 Å². The fourth-order valence-corrected chi connectivity index (χ4v) is 5.20. The second kappa shape index (κ2) is 9.66. The summed E-state index contributed by atoms with van der Waals surface area (Å²) in [6.45, 7) is 0. The minimum atomic E-state index is -0.745. The molecule has 0 aliphatic carbocycles. The van der Waals surface area contributed by atoms with E-state index in [1.165, 1.54) is 18.2 Å². The number of furan rings is 1.